The quantitative estimate of drug-likeness (QED) is 0.656. The van der Waals surface area contributed by atoms with Crippen LogP contribution in [0.4, 0.5) is 5.69 Å². The van der Waals surface area contributed by atoms with Gasteiger partial charge in [-0.15, -0.1) is 0 Å². The van der Waals surface area contributed by atoms with Gasteiger partial charge in [0.15, 0.2) is 0 Å². The molecule has 0 aromatic heterocycles. The van der Waals surface area contributed by atoms with Crippen LogP contribution in [0.25, 0.3) is 0 Å². The standard InChI is InChI=1S/C19H30N4O4S/c1-2-22-9-3-4-17(22)14-20-15-19(24)21-16-5-7-18(8-6-16)28(25,26)23-10-12-27-13-11-23/h5-8,17,20H,2-4,9-15H2,1H3,(H,21,24)/t17-/m0/s1. The summed E-state index contributed by atoms with van der Waals surface area (Å²) in [4.78, 5) is 14.8. The lowest BCUT2D eigenvalue weighted by molar-refractivity contribution is -0.115. The number of anilines is 1. The number of rotatable bonds is 8. The van der Waals surface area contributed by atoms with Crippen LogP contribution < -0.4 is 10.6 Å². The van der Waals surface area contributed by atoms with E-state index in [0.717, 1.165) is 19.6 Å². The molecule has 0 unspecified atom stereocenters. The Hall–Kier alpha value is -1.52. The molecule has 0 aliphatic carbocycles. The molecule has 1 aromatic carbocycles. The number of ether oxygens (including phenoxy) is 1. The first-order valence-electron chi connectivity index (χ1n) is 9.93. The molecule has 2 fully saturated rings. The average molecular weight is 411 g/mol. The Morgan fingerprint density at radius 1 is 1.18 bits per heavy atom. The molecule has 0 radical (unpaired) electrons. The minimum atomic E-state index is -3.52. The Labute approximate surface area is 167 Å². The number of carbonyl (C=O) groups excluding carboxylic acids is 1. The number of amides is 1. The Bertz CT molecular complexity index is 748. The Morgan fingerprint density at radius 3 is 2.57 bits per heavy atom. The molecule has 156 valence electrons. The van der Waals surface area contributed by atoms with Gasteiger partial charge in [0, 0.05) is 31.4 Å². The number of benzene rings is 1. The largest absolute Gasteiger partial charge is 0.379 e. The number of nitrogens with zero attached hydrogens (tertiary/aromatic N) is 2. The van der Waals surface area contributed by atoms with Gasteiger partial charge in [-0.25, -0.2) is 8.42 Å². The second kappa shape index (κ2) is 9.80. The maximum atomic E-state index is 12.6. The second-order valence-corrected chi connectivity index (χ2v) is 9.08. The fourth-order valence-electron chi connectivity index (χ4n) is 3.75. The van der Waals surface area contributed by atoms with Crippen LogP contribution in [0.3, 0.4) is 0 Å². The molecule has 1 aromatic rings. The van der Waals surface area contributed by atoms with Gasteiger partial charge >= 0.3 is 0 Å². The highest BCUT2D eigenvalue weighted by Gasteiger charge is 2.26. The smallest absolute Gasteiger partial charge is 0.243 e. The fourth-order valence-corrected chi connectivity index (χ4v) is 5.15. The molecular weight excluding hydrogens is 380 g/mol. The molecule has 0 bridgehead atoms. The summed E-state index contributed by atoms with van der Waals surface area (Å²) in [5, 5.41) is 6.03. The number of likely N-dealkylation sites (N-methyl/N-ethyl adjacent to an activating group) is 1. The Kier molecular flexibility index (Phi) is 7.42. The van der Waals surface area contributed by atoms with Crippen LogP contribution in [-0.2, 0) is 19.6 Å². The van der Waals surface area contributed by atoms with Crippen molar-refractivity contribution in [3.8, 4) is 0 Å². The van der Waals surface area contributed by atoms with Crippen molar-refractivity contribution >= 4 is 21.6 Å². The van der Waals surface area contributed by atoms with Gasteiger partial charge in [-0.3, -0.25) is 9.69 Å². The molecular formula is C19H30N4O4S. The van der Waals surface area contributed by atoms with Crippen molar-refractivity contribution in [1.82, 2.24) is 14.5 Å². The number of hydrogen-bond donors (Lipinski definition) is 2. The molecule has 9 heteroatoms. The molecule has 2 heterocycles. The zero-order valence-electron chi connectivity index (χ0n) is 16.4. The highest BCUT2D eigenvalue weighted by molar-refractivity contribution is 7.89. The van der Waals surface area contributed by atoms with Gasteiger partial charge in [0.2, 0.25) is 15.9 Å². The molecule has 28 heavy (non-hydrogen) atoms. The predicted molar refractivity (Wildman–Crippen MR) is 108 cm³/mol. The molecule has 0 spiro atoms. The van der Waals surface area contributed by atoms with E-state index in [9.17, 15) is 13.2 Å². The van der Waals surface area contributed by atoms with Crippen molar-refractivity contribution in [3.05, 3.63) is 24.3 Å². The van der Waals surface area contributed by atoms with Gasteiger partial charge < -0.3 is 15.4 Å². The summed E-state index contributed by atoms with van der Waals surface area (Å²) in [6, 6.07) is 6.82. The lowest BCUT2D eigenvalue weighted by atomic mass is 10.2. The molecule has 2 aliphatic heterocycles. The van der Waals surface area contributed by atoms with Gasteiger partial charge in [0.05, 0.1) is 24.7 Å². The van der Waals surface area contributed by atoms with Crippen LogP contribution >= 0.6 is 0 Å². The zero-order valence-corrected chi connectivity index (χ0v) is 17.2. The van der Waals surface area contributed by atoms with Crippen LogP contribution in [-0.4, -0.2) is 82.1 Å². The molecule has 1 atom stereocenters. The predicted octanol–water partition coefficient (Wildman–Crippen LogP) is 0.720. The van der Waals surface area contributed by atoms with E-state index in [2.05, 4.69) is 22.5 Å². The van der Waals surface area contributed by atoms with Crippen molar-refractivity contribution in [2.24, 2.45) is 0 Å². The summed E-state index contributed by atoms with van der Waals surface area (Å²) < 4.78 is 31.9. The van der Waals surface area contributed by atoms with Crippen LogP contribution in [0.1, 0.15) is 19.8 Å². The first kappa shape index (κ1) is 21.2. The number of nitrogens with one attached hydrogen (secondary N) is 2. The molecule has 8 nitrogen and oxygen atoms in total. The third-order valence-electron chi connectivity index (χ3n) is 5.32. The molecule has 3 rings (SSSR count). The van der Waals surface area contributed by atoms with E-state index >= 15 is 0 Å². The SMILES string of the molecule is CCN1CCC[C@H]1CNCC(=O)Nc1ccc(S(=O)(=O)N2CCOCC2)cc1. The Balaban J connectivity index is 1.47. The summed E-state index contributed by atoms with van der Waals surface area (Å²) in [7, 11) is -3.52. The van der Waals surface area contributed by atoms with E-state index in [0.29, 0.717) is 38.0 Å². The van der Waals surface area contributed by atoms with Crippen molar-refractivity contribution < 1.29 is 17.9 Å². The summed E-state index contributed by atoms with van der Waals surface area (Å²) >= 11 is 0. The van der Waals surface area contributed by atoms with Crippen LogP contribution in [0, 0.1) is 0 Å². The maximum Gasteiger partial charge on any atom is 0.243 e. The molecule has 2 N–H and O–H groups in total. The van der Waals surface area contributed by atoms with E-state index < -0.39 is 10.0 Å². The van der Waals surface area contributed by atoms with Gasteiger partial charge in [-0.2, -0.15) is 4.31 Å². The van der Waals surface area contributed by atoms with Gasteiger partial charge in [-0.1, -0.05) is 6.92 Å². The van der Waals surface area contributed by atoms with Crippen molar-refractivity contribution in [2.75, 3.05) is 57.8 Å². The topological polar surface area (TPSA) is 91.0 Å². The summed E-state index contributed by atoms with van der Waals surface area (Å²) in [5.41, 5.74) is 0.587. The van der Waals surface area contributed by atoms with E-state index in [1.807, 2.05) is 0 Å². The first-order valence-corrected chi connectivity index (χ1v) is 11.4. The number of morpholine rings is 1. The minimum Gasteiger partial charge on any atom is -0.379 e. The highest BCUT2D eigenvalue weighted by atomic mass is 32.2. The van der Waals surface area contributed by atoms with Crippen LogP contribution in [0.2, 0.25) is 0 Å². The minimum absolute atomic E-state index is 0.134. The summed E-state index contributed by atoms with van der Waals surface area (Å²) in [6.07, 6.45) is 2.38. The van der Waals surface area contributed by atoms with Crippen molar-refractivity contribution in [2.45, 2.75) is 30.7 Å². The van der Waals surface area contributed by atoms with Crippen LogP contribution in [0.5, 0.6) is 0 Å². The normalized spacial score (nSPS) is 21.7. The van der Waals surface area contributed by atoms with Crippen molar-refractivity contribution in [1.29, 1.82) is 0 Å². The van der Waals surface area contributed by atoms with E-state index in [-0.39, 0.29) is 17.3 Å². The zero-order chi connectivity index (χ0) is 20.0. The molecule has 0 saturated carbocycles. The lowest BCUT2D eigenvalue weighted by Crippen LogP contribution is -2.40. The first-order chi connectivity index (χ1) is 13.5. The van der Waals surface area contributed by atoms with E-state index in [1.165, 1.54) is 29.3 Å². The third kappa shape index (κ3) is 5.30. The second-order valence-electron chi connectivity index (χ2n) is 7.14. The highest BCUT2D eigenvalue weighted by Crippen LogP contribution is 2.19. The maximum absolute atomic E-state index is 12.6. The average Bonchev–Trinajstić information content (AvgIpc) is 3.16. The Morgan fingerprint density at radius 2 is 1.89 bits per heavy atom. The lowest BCUT2D eigenvalue weighted by Gasteiger charge is -2.26. The van der Waals surface area contributed by atoms with Gasteiger partial charge in [-0.05, 0) is 50.2 Å². The van der Waals surface area contributed by atoms with Crippen LogP contribution in [0.15, 0.2) is 29.2 Å². The monoisotopic (exact) mass is 410 g/mol. The summed E-state index contributed by atoms with van der Waals surface area (Å²) in [6.45, 7) is 6.93. The third-order valence-corrected chi connectivity index (χ3v) is 7.23. The number of likely N-dealkylation sites (tertiary alicyclic amines) is 1. The number of hydrogen-bond acceptors (Lipinski definition) is 6. The van der Waals surface area contributed by atoms with E-state index in [1.54, 1.807) is 12.1 Å². The fraction of sp³-hybridized carbons (Fsp3) is 0.632. The summed E-state index contributed by atoms with van der Waals surface area (Å²) in [5.74, 6) is -0.134. The number of sulfonamides is 1. The van der Waals surface area contributed by atoms with Gasteiger partial charge in [0.25, 0.3) is 0 Å². The van der Waals surface area contributed by atoms with Gasteiger partial charge in [0.1, 0.15) is 0 Å². The number of carbonyl (C=O) groups is 1. The molecule has 1 amide bonds. The molecule has 2 aliphatic rings. The van der Waals surface area contributed by atoms with Crippen molar-refractivity contribution in [3.63, 3.8) is 0 Å². The molecule has 2 saturated heterocycles. The van der Waals surface area contributed by atoms with E-state index in [4.69, 9.17) is 4.74 Å².